The van der Waals surface area contributed by atoms with Gasteiger partial charge in [-0.05, 0) is 25.0 Å². The lowest BCUT2D eigenvalue weighted by Gasteiger charge is -2.08. The van der Waals surface area contributed by atoms with Crippen LogP contribution < -0.4 is 4.74 Å². The molecule has 0 saturated carbocycles. The summed E-state index contributed by atoms with van der Waals surface area (Å²) in [6, 6.07) is 3.40. The summed E-state index contributed by atoms with van der Waals surface area (Å²) in [6.07, 6.45) is 2.86. The molecule has 0 aromatic heterocycles. The number of aryl methyl sites for hydroxylation is 1. The summed E-state index contributed by atoms with van der Waals surface area (Å²) in [5.41, 5.74) is 1.91. The summed E-state index contributed by atoms with van der Waals surface area (Å²) in [5, 5.41) is 0. The van der Waals surface area contributed by atoms with Crippen LogP contribution in [-0.4, -0.2) is 6.10 Å². The second-order valence-electron chi connectivity index (χ2n) is 3.90. The Balaban J connectivity index is 2.42. The smallest absolute Gasteiger partial charge is 0.130 e. The van der Waals surface area contributed by atoms with E-state index >= 15 is 0 Å². The number of hydrogen-bond donors (Lipinski definition) is 0. The standard InChI is InChI=1S/C12H15FO/c1-3-4-9-5-6-11(13)10-7-8(2)14-12(9)10/h5-6,8H,3-4,7H2,1-2H3. The molecule has 0 N–H and O–H groups in total. The van der Waals surface area contributed by atoms with Gasteiger partial charge in [-0.25, -0.2) is 4.39 Å². The molecule has 1 unspecified atom stereocenters. The van der Waals surface area contributed by atoms with Crippen LogP contribution in [-0.2, 0) is 12.8 Å². The molecule has 0 saturated heterocycles. The van der Waals surface area contributed by atoms with Crippen molar-refractivity contribution in [1.82, 2.24) is 0 Å². The first-order chi connectivity index (χ1) is 6.72. The Morgan fingerprint density at radius 2 is 2.29 bits per heavy atom. The van der Waals surface area contributed by atoms with Gasteiger partial charge in [-0.2, -0.15) is 0 Å². The zero-order valence-corrected chi connectivity index (χ0v) is 8.64. The van der Waals surface area contributed by atoms with Gasteiger partial charge in [0, 0.05) is 12.0 Å². The molecule has 1 aromatic carbocycles. The molecular formula is C12H15FO. The fourth-order valence-corrected chi connectivity index (χ4v) is 1.99. The molecule has 1 heterocycles. The average Bonchev–Trinajstić information content (AvgIpc) is 2.53. The van der Waals surface area contributed by atoms with Crippen LogP contribution in [0.4, 0.5) is 4.39 Å². The topological polar surface area (TPSA) is 9.23 Å². The summed E-state index contributed by atoms with van der Waals surface area (Å²) < 4.78 is 19.0. The highest BCUT2D eigenvalue weighted by molar-refractivity contribution is 5.45. The fourth-order valence-electron chi connectivity index (χ4n) is 1.99. The van der Waals surface area contributed by atoms with Crippen molar-refractivity contribution in [3.05, 3.63) is 29.1 Å². The summed E-state index contributed by atoms with van der Waals surface area (Å²) in [5.74, 6) is 0.684. The molecule has 0 radical (unpaired) electrons. The summed E-state index contributed by atoms with van der Waals surface area (Å²) in [6.45, 7) is 4.10. The highest BCUT2D eigenvalue weighted by Gasteiger charge is 2.24. The first kappa shape index (κ1) is 9.50. The maximum atomic E-state index is 13.4. The Labute approximate surface area is 83.9 Å². The zero-order valence-electron chi connectivity index (χ0n) is 8.64. The Morgan fingerprint density at radius 3 is 3.00 bits per heavy atom. The van der Waals surface area contributed by atoms with E-state index in [0.717, 1.165) is 29.7 Å². The number of rotatable bonds is 2. The number of halogens is 1. The van der Waals surface area contributed by atoms with Gasteiger partial charge in [0.15, 0.2) is 0 Å². The number of benzene rings is 1. The Kier molecular flexibility index (Phi) is 2.44. The predicted octanol–water partition coefficient (Wildman–Crippen LogP) is 3.10. The normalized spacial score (nSPS) is 19.2. The van der Waals surface area contributed by atoms with E-state index < -0.39 is 0 Å². The van der Waals surface area contributed by atoms with Crippen LogP contribution in [0, 0.1) is 5.82 Å². The Bertz CT molecular complexity index is 346. The van der Waals surface area contributed by atoms with Gasteiger partial charge in [0.25, 0.3) is 0 Å². The van der Waals surface area contributed by atoms with Gasteiger partial charge >= 0.3 is 0 Å². The molecule has 76 valence electrons. The second-order valence-corrected chi connectivity index (χ2v) is 3.90. The van der Waals surface area contributed by atoms with Crippen molar-refractivity contribution < 1.29 is 9.13 Å². The van der Waals surface area contributed by atoms with Gasteiger partial charge in [-0.3, -0.25) is 0 Å². The van der Waals surface area contributed by atoms with E-state index in [0.29, 0.717) is 6.42 Å². The molecular weight excluding hydrogens is 179 g/mol. The van der Waals surface area contributed by atoms with E-state index in [2.05, 4.69) is 6.92 Å². The average molecular weight is 194 g/mol. The van der Waals surface area contributed by atoms with E-state index in [-0.39, 0.29) is 11.9 Å². The predicted molar refractivity (Wildman–Crippen MR) is 54.2 cm³/mol. The lowest BCUT2D eigenvalue weighted by molar-refractivity contribution is 0.252. The third kappa shape index (κ3) is 1.49. The first-order valence-electron chi connectivity index (χ1n) is 5.19. The minimum absolute atomic E-state index is 0.121. The van der Waals surface area contributed by atoms with Crippen LogP contribution in [0.15, 0.2) is 12.1 Å². The molecule has 0 aliphatic carbocycles. The van der Waals surface area contributed by atoms with Crippen LogP contribution in [0.25, 0.3) is 0 Å². The van der Waals surface area contributed by atoms with Crippen molar-refractivity contribution in [2.75, 3.05) is 0 Å². The van der Waals surface area contributed by atoms with E-state index in [4.69, 9.17) is 4.74 Å². The summed E-state index contributed by atoms with van der Waals surface area (Å²) >= 11 is 0. The van der Waals surface area contributed by atoms with E-state index in [9.17, 15) is 4.39 Å². The fraction of sp³-hybridized carbons (Fsp3) is 0.500. The Morgan fingerprint density at radius 1 is 1.50 bits per heavy atom. The summed E-state index contributed by atoms with van der Waals surface area (Å²) in [7, 11) is 0. The SMILES string of the molecule is CCCc1ccc(F)c2c1OC(C)C2. The zero-order chi connectivity index (χ0) is 10.1. The van der Waals surface area contributed by atoms with Gasteiger partial charge in [-0.1, -0.05) is 19.4 Å². The first-order valence-corrected chi connectivity index (χ1v) is 5.19. The number of ether oxygens (including phenoxy) is 1. The van der Waals surface area contributed by atoms with Crippen molar-refractivity contribution in [2.24, 2.45) is 0 Å². The largest absolute Gasteiger partial charge is 0.490 e. The molecule has 1 nitrogen and oxygen atoms in total. The highest BCUT2D eigenvalue weighted by Crippen LogP contribution is 2.34. The minimum atomic E-state index is -0.121. The van der Waals surface area contributed by atoms with Gasteiger partial charge in [0.1, 0.15) is 17.7 Å². The molecule has 1 aliphatic rings. The Hall–Kier alpha value is -1.05. The molecule has 0 spiro atoms. The second kappa shape index (κ2) is 3.60. The van der Waals surface area contributed by atoms with Crippen molar-refractivity contribution in [3.8, 4) is 5.75 Å². The van der Waals surface area contributed by atoms with Crippen molar-refractivity contribution >= 4 is 0 Å². The number of hydrogen-bond acceptors (Lipinski definition) is 1. The van der Waals surface area contributed by atoms with E-state index in [1.54, 1.807) is 6.07 Å². The molecule has 0 fully saturated rings. The van der Waals surface area contributed by atoms with Crippen LogP contribution in [0.2, 0.25) is 0 Å². The van der Waals surface area contributed by atoms with Gasteiger partial charge in [0.05, 0.1) is 0 Å². The van der Waals surface area contributed by atoms with Crippen molar-refractivity contribution in [1.29, 1.82) is 0 Å². The van der Waals surface area contributed by atoms with Crippen LogP contribution >= 0.6 is 0 Å². The molecule has 1 atom stereocenters. The van der Waals surface area contributed by atoms with E-state index in [1.807, 2.05) is 13.0 Å². The van der Waals surface area contributed by atoms with Gasteiger partial charge in [-0.15, -0.1) is 0 Å². The molecule has 0 bridgehead atoms. The van der Waals surface area contributed by atoms with Crippen LogP contribution in [0.1, 0.15) is 31.4 Å². The molecule has 1 aromatic rings. The number of fused-ring (bicyclic) bond motifs is 1. The van der Waals surface area contributed by atoms with E-state index in [1.165, 1.54) is 0 Å². The maximum Gasteiger partial charge on any atom is 0.130 e. The van der Waals surface area contributed by atoms with Gasteiger partial charge in [0.2, 0.25) is 0 Å². The monoisotopic (exact) mass is 194 g/mol. The molecule has 14 heavy (non-hydrogen) atoms. The van der Waals surface area contributed by atoms with Crippen molar-refractivity contribution in [2.45, 2.75) is 39.2 Å². The lowest BCUT2D eigenvalue weighted by Crippen LogP contribution is -2.06. The third-order valence-electron chi connectivity index (χ3n) is 2.61. The molecule has 0 amide bonds. The highest BCUT2D eigenvalue weighted by atomic mass is 19.1. The quantitative estimate of drug-likeness (QED) is 0.703. The van der Waals surface area contributed by atoms with Crippen LogP contribution in [0.3, 0.4) is 0 Å². The maximum absolute atomic E-state index is 13.4. The molecule has 2 rings (SSSR count). The van der Waals surface area contributed by atoms with Gasteiger partial charge < -0.3 is 4.74 Å². The van der Waals surface area contributed by atoms with Crippen molar-refractivity contribution in [3.63, 3.8) is 0 Å². The lowest BCUT2D eigenvalue weighted by atomic mass is 10.0. The third-order valence-corrected chi connectivity index (χ3v) is 2.61. The summed E-state index contributed by atoms with van der Waals surface area (Å²) in [4.78, 5) is 0. The van der Waals surface area contributed by atoms with Crippen LogP contribution in [0.5, 0.6) is 5.75 Å². The molecule has 2 heteroatoms. The minimum Gasteiger partial charge on any atom is -0.490 e. The molecule has 1 aliphatic heterocycles.